The maximum Gasteiger partial charge on any atom is 0.338 e. The van der Waals surface area contributed by atoms with Crippen molar-refractivity contribution in [3.05, 3.63) is 62.5 Å². The molecule has 0 aliphatic carbocycles. The number of aliphatic imine (C=N–C) groups is 1. The maximum atomic E-state index is 14.5. The highest BCUT2D eigenvalue weighted by Gasteiger charge is 2.46. The summed E-state index contributed by atoms with van der Waals surface area (Å²) in [6, 6.07) is 2.22. The molecule has 4 rings (SSSR count). The zero-order valence-corrected chi connectivity index (χ0v) is 21.8. The van der Waals surface area contributed by atoms with Gasteiger partial charge in [-0.15, -0.1) is 11.3 Å². The number of thiazole rings is 1. The van der Waals surface area contributed by atoms with E-state index >= 15 is 0 Å². The van der Waals surface area contributed by atoms with Crippen LogP contribution in [0.4, 0.5) is 13.2 Å². The number of likely N-dealkylation sites (tertiary alicyclic amines) is 1. The van der Waals surface area contributed by atoms with Crippen LogP contribution in [-0.4, -0.2) is 59.1 Å². The van der Waals surface area contributed by atoms with Gasteiger partial charge in [-0.05, 0) is 32.4 Å². The van der Waals surface area contributed by atoms with Gasteiger partial charge in [0.15, 0.2) is 10.8 Å². The third-order valence-electron chi connectivity index (χ3n) is 6.19. The van der Waals surface area contributed by atoms with Crippen LogP contribution in [0, 0.1) is 5.82 Å². The van der Waals surface area contributed by atoms with Gasteiger partial charge in [0.25, 0.3) is 5.92 Å². The van der Waals surface area contributed by atoms with Crippen LogP contribution < -0.4 is 5.32 Å². The predicted octanol–water partition coefficient (Wildman–Crippen LogP) is 4.92. The molecule has 37 heavy (non-hydrogen) atoms. The van der Waals surface area contributed by atoms with Crippen molar-refractivity contribution in [2.45, 2.75) is 51.1 Å². The number of nitrogens with one attached hydrogen (secondary N) is 1. The number of ether oxygens (including phenoxy) is 1. The van der Waals surface area contributed by atoms with Gasteiger partial charge in [0, 0.05) is 53.3 Å². The number of alkyl halides is 2. The molecule has 2 aliphatic heterocycles. The van der Waals surface area contributed by atoms with Crippen LogP contribution in [0.25, 0.3) is 0 Å². The molecule has 198 valence electrons. The van der Waals surface area contributed by atoms with Gasteiger partial charge in [0.1, 0.15) is 17.6 Å². The molecular formula is C25H26ClF3N4O3S. The molecule has 3 heterocycles. The number of rotatable bonds is 9. The first kappa shape index (κ1) is 27.3. The Kier molecular flexibility index (Phi) is 8.35. The lowest BCUT2D eigenvalue weighted by molar-refractivity contribution is -0.139. The summed E-state index contributed by atoms with van der Waals surface area (Å²) in [5, 5.41) is 5.45. The fourth-order valence-corrected chi connectivity index (χ4v) is 5.43. The van der Waals surface area contributed by atoms with E-state index in [1.54, 1.807) is 23.4 Å². The topological polar surface area (TPSA) is 83.9 Å². The van der Waals surface area contributed by atoms with E-state index in [4.69, 9.17) is 16.3 Å². The molecule has 0 bridgehead atoms. The smallest absolute Gasteiger partial charge is 0.338 e. The summed E-state index contributed by atoms with van der Waals surface area (Å²) in [6.45, 7) is 2.58. The number of Topliss-reactive ketones (excluding diaryl/α,β-unsaturated/α-hetero) is 1. The van der Waals surface area contributed by atoms with Crippen molar-refractivity contribution in [1.29, 1.82) is 0 Å². The predicted molar refractivity (Wildman–Crippen MR) is 134 cm³/mol. The van der Waals surface area contributed by atoms with Crippen molar-refractivity contribution in [2.75, 3.05) is 19.7 Å². The lowest BCUT2D eigenvalue weighted by atomic mass is 9.95. The van der Waals surface area contributed by atoms with E-state index in [0.717, 1.165) is 6.07 Å². The van der Waals surface area contributed by atoms with Crippen LogP contribution in [-0.2, 0) is 14.3 Å². The highest BCUT2D eigenvalue weighted by Crippen LogP contribution is 2.39. The van der Waals surface area contributed by atoms with E-state index in [1.807, 2.05) is 0 Å². The second-order valence-electron chi connectivity index (χ2n) is 8.98. The summed E-state index contributed by atoms with van der Waals surface area (Å²) in [5.41, 5.74) is 0.768. The maximum absolute atomic E-state index is 14.5. The first-order chi connectivity index (χ1) is 17.6. The SMILES string of the molecule is CCOC(=O)C1=C(CN2CC(F)(F)C[C@@H]2CCC(C)=O)NC(c2nccs2)=N[C@H]1c1ccc(F)cc1Cl. The van der Waals surface area contributed by atoms with Gasteiger partial charge in [-0.3, -0.25) is 9.89 Å². The molecule has 0 amide bonds. The van der Waals surface area contributed by atoms with Crippen LogP contribution in [0.5, 0.6) is 0 Å². The Morgan fingerprint density at radius 3 is 2.78 bits per heavy atom. The third kappa shape index (κ3) is 6.39. The number of carbonyl (C=O) groups is 2. The molecule has 12 heteroatoms. The molecule has 7 nitrogen and oxygen atoms in total. The molecule has 2 aliphatic rings. The van der Waals surface area contributed by atoms with Crippen molar-refractivity contribution in [2.24, 2.45) is 4.99 Å². The quantitative estimate of drug-likeness (QED) is 0.443. The van der Waals surface area contributed by atoms with Crippen molar-refractivity contribution in [1.82, 2.24) is 15.2 Å². The van der Waals surface area contributed by atoms with Gasteiger partial charge >= 0.3 is 5.97 Å². The number of amidine groups is 1. The first-order valence-corrected chi connectivity index (χ1v) is 13.0. The molecule has 1 fully saturated rings. The van der Waals surface area contributed by atoms with E-state index in [-0.39, 0.29) is 48.8 Å². The summed E-state index contributed by atoms with van der Waals surface area (Å²) < 4.78 is 48.1. The number of halogens is 4. The number of carbonyl (C=O) groups excluding carboxylic acids is 2. The number of ketones is 1. The zero-order valence-electron chi connectivity index (χ0n) is 20.3. The van der Waals surface area contributed by atoms with E-state index in [9.17, 15) is 22.8 Å². The average Bonchev–Trinajstić information content (AvgIpc) is 3.45. The van der Waals surface area contributed by atoms with Crippen LogP contribution in [0.15, 0.2) is 46.0 Å². The highest BCUT2D eigenvalue weighted by atomic mass is 35.5. The van der Waals surface area contributed by atoms with Crippen molar-refractivity contribution in [3.8, 4) is 0 Å². The molecule has 0 radical (unpaired) electrons. The second-order valence-corrected chi connectivity index (χ2v) is 10.3. The molecule has 1 aromatic heterocycles. The summed E-state index contributed by atoms with van der Waals surface area (Å²) in [6.07, 6.45) is 1.65. The molecule has 0 saturated carbocycles. The average molecular weight is 555 g/mol. The molecule has 1 saturated heterocycles. The molecule has 1 aromatic carbocycles. The van der Waals surface area contributed by atoms with Crippen molar-refractivity contribution in [3.63, 3.8) is 0 Å². The summed E-state index contributed by atoms with van der Waals surface area (Å²) in [5.74, 6) is -3.94. The van der Waals surface area contributed by atoms with E-state index in [1.165, 1.54) is 30.4 Å². The number of hydrogen-bond donors (Lipinski definition) is 1. The Morgan fingerprint density at radius 2 is 2.14 bits per heavy atom. The Labute approximate surface area is 221 Å². The van der Waals surface area contributed by atoms with Gasteiger partial charge < -0.3 is 14.8 Å². The summed E-state index contributed by atoms with van der Waals surface area (Å²) in [7, 11) is 0. The standard InChI is InChI=1S/C25H26ClF3N4O3S/c1-3-36-24(35)20-19(12-33-13-25(28,29)11-16(33)6-4-14(2)34)31-22(23-30-8-9-37-23)32-21(20)17-7-5-15(27)10-18(17)26/h5,7-10,16,21H,3-4,6,11-13H2,1-2H3,(H,31,32)/t16-,21-/m0/s1. The number of benzene rings is 1. The Morgan fingerprint density at radius 1 is 1.35 bits per heavy atom. The van der Waals surface area contributed by atoms with E-state index in [0.29, 0.717) is 22.1 Å². The lowest BCUT2D eigenvalue weighted by Crippen LogP contribution is -2.41. The molecule has 1 N–H and O–H groups in total. The number of nitrogens with zero attached hydrogens (tertiary/aromatic N) is 3. The minimum Gasteiger partial charge on any atom is -0.463 e. The van der Waals surface area contributed by atoms with Gasteiger partial charge in [-0.2, -0.15) is 0 Å². The summed E-state index contributed by atoms with van der Waals surface area (Å²) >= 11 is 7.68. The second kappa shape index (κ2) is 11.3. The fraction of sp³-hybridized carbons (Fsp3) is 0.440. The van der Waals surface area contributed by atoms with Gasteiger partial charge in [0.05, 0.1) is 18.7 Å². The van der Waals surface area contributed by atoms with Crippen LogP contribution >= 0.6 is 22.9 Å². The van der Waals surface area contributed by atoms with Crippen LogP contribution in [0.3, 0.4) is 0 Å². The van der Waals surface area contributed by atoms with Gasteiger partial charge in [-0.25, -0.2) is 22.9 Å². The minimum atomic E-state index is -2.94. The zero-order chi connectivity index (χ0) is 26.7. The Hall–Kier alpha value is -2.76. The number of aromatic nitrogens is 1. The molecule has 0 unspecified atom stereocenters. The molecule has 2 atom stereocenters. The molecule has 0 spiro atoms. The van der Waals surface area contributed by atoms with Crippen molar-refractivity contribution >= 4 is 40.5 Å². The lowest BCUT2D eigenvalue weighted by Gasteiger charge is -2.31. The number of hydrogen-bond acceptors (Lipinski definition) is 8. The monoisotopic (exact) mass is 554 g/mol. The van der Waals surface area contributed by atoms with E-state index < -0.39 is 36.3 Å². The molecular weight excluding hydrogens is 529 g/mol. The summed E-state index contributed by atoms with van der Waals surface area (Å²) in [4.78, 5) is 35.3. The number of esters is 1. The first-order valence-electron chi connectivity index (χ1n) is 11.8. The Balaban J connectivity index is 1.80. The minimum absolute atomic E-state index is 0.0496. The van der Waals surface area contributed by atoms with Crippen LogP contribution in [0.2, 0.25) is 5.02 Å². The van der Waals surface area contributed by atoms with E-state index in [2.05, 4.69) is 15.3 Å². The fourth-order valence-electron chi connectivity index (χ4n) is 4.57. The Bertz CT molecular complexity index is 1240. The van der Waals surface area contributed by atoms with Crippen molar-refractivity contribution < 1.29 is 27.5 Å². The molecule has 2 aromatic rings. The third-order valence-corrected chi connectivity index (χ3v) is 7.30. The van der Waals surface area contributed by atoms with Gasteiger partial charge in [0.2, 0.25) is 0 Å². The highest BCUT2D eigenvalue weighted by molar-refractivity contribution is 7.11. The normalized spacial score (nSPS) is 21.5. The van der Waals surface area contributed by atoms with Crippen LogP contribution in [0.1, 0.15) is 49.7 Å². The van der Waals surface area contributed by atoms with Gasteiger partial charge in [-0.1, -0.05) is 17.7 Å². The largest absolute Gasteiger partial charge is 0.463 e.